The molecule has 0 amide bonds. The molecule has 0 aliphatic heterocycles. The fourth-order valence-corrected chi connectivity index (χ4v) is 1.47. The fourth-order valence-electron chi connectivity index (χ4n) is 1.47. The molecule has 0 aromatic heterocycles. The van der Waals surface area contributed by atoms with Gasteiger partial charge in [-0.3, -0.25) is 0 Å². The van der Waals surface area contributed by atoms with Crippen molar-refractivity contribution in [3.63, 3.8) is 0 Å². The van der Waals surface area contributed by atoms with Crippen LogP contribution in [0.5, 0.6) is 0 Å². The lowest BCUT2D eigenvalue weighted by molar-refractivity contribution is 0.168. The van der Waals surface area contributed by atoms with E-state index in [4.69, 9.17) is 0 Å². The first kappa shape index (κ1) is 12.0. The highest BCUT2D eigenvalue weighted by Crippen LogP contribution is 2.08. The SMILES string of the molecule is CC(C)=CCC(O)CCc1ccccc1. The van der Waals surface area contributed by atoms with Gasteiger partial charge >= 0.3 is 0 Å². The van der Waals surface area contributed by atoms with Crippen LogP contribution in [-0.4, -0.2) is 11.2 Å². The highest BCUT2D eigenvalue weighted by molar-refractivity contribution is 5.14. The van der Waals surface area contributed by atoms with Crippen molar-refractivity contribution in [3.05, 3.63) is 47.5 Å². The average Bonchev–Trinajstić information content (AvgIpc) is 2.25. The fraction of sp³-hybridized carbons (Fsp3) is 0.429. The van der Waals surface area contributed by atoms with Crippen LogP contribution >= 0.6 is 0 Å². The minimum atomic E-state index is -0.208. The Morgan fingerprint density at radius 1 is 1.27 bits per heavy atom. The second kappa shape index (κ2) is 6.41. The van der Waals surface area contributed by atoms with Gasteiger partial charge in [-0.2, -0.15) is 0 Å². The first-order chi connectivity index (χ1) is 7.18. The molecule has 0 radical (unpaired) electrons. The Bertz CT molecular complexity index is 296. The Morgan fingerprint density at radius 3 is 2.53 bits per heavy atom. The molecule has 1 rings (SSSR count). The van der Waals surface area contributed by atoms with E-state index >= 15 is 0 Å². The van der Waals surface area contributed by atoms with Crippen LogP contribution in [0.2, 0.25) is 0 Å². The standard InChI is InChI=1S/C14H20O/c1-12(2)8-10-14(15)11-9-13-6-4-3-5-7-13/h3-8,14-15H,9-11H2,1-2H3. The normalized spacial score (nSPS) is 12.2. The number of hydrogen-bond acceptors (Lipinski definition) is 1. The first-order valence-electron chi connectivity index (χ1n) is 5.54. The lowest BCUT2D eigenvalue weighted by atomic mass is 10.0. The van der Waals surface area contributed by atoms with Crippen LogP contribution in [0, 0.1) is 0 Å². The van der Waals surface area contributed by atoms with E-state index in [1.165, 1.54) is 11.1 Å². The van der Waals surface area contributed by atoms with E-state index in [-0.39, 0.29) is 6.10 Å². The van der Waals surface area contributed by atoms with Crippen LogP contribution in [-0.2, 0) is 6.42 Å². The van der Waals surface area contributed by atoms with Crippen LogP contribution in [0.15, 0.2) is 42.0 Å². The van der Waals surface area contributed by atoms with Crippen molar-refractivity contribution in [1.29, 1.82) is 0 Å². The summed E-state index contributed by atoms with van der Waals surface area (Å²) in [6, 6.07) is 10.3. The molecule has 0 aliphatic carbocycles. The molecule has 0 fully saturated rings. The lowest BCUT2D eigenvalue weighted by Gasteiger charge is -2.08. The maximum absolute atomic E-state index is 9.71. The molecule has 82 valence electrons. The molecule has 15 heavy (non-hydrogen) atoms. The molecule has 1 N–H and O–H groups in total. The molecule has 0 heterocycles. The number of benzene rings is 1. The van der Waals surface area contributed by atoms with Gasteiger partial charge in [0.2, 0.25) is 0 Å². The largest absolute Gasteiger partial charge is 0.393 e. The molecule has 1 unspecified atom stereocenters. The van der Waals surface area contributed by atoms with Crippen molar-refractivity contribution in [3.8, 4) is 0 Å². The van der Waals surface area contributed by atoms with Gasteiger partial charge in [0.05, 0.1) is 6.10 Å². The predicted octanol–water partition coefficient (Wildman–Crippen LogP) is 3.34. The van der Waals surface area contributed by atoms with Gasteiger partial charge in [-0.25, -0.2) is 0 Å². The second-order valence-corrected chi connectivity index (χ2v) is 4.20. The second-order valence-electron chi connectivity index (χ2n) is 4.20. The molecule has 0 spiro atoms. The maximum Gasteiger partial charge on any atom is 0.0577 e. The molecule has 1 atom stereocenters. The Labute approximate surface area is 92.5 Å². The summed E-state index contributed by atoms with van der Waals surface area (Å²) in [5, 5.41) is 9.71. The molecular weight excluding hydrogens is 184 g/mol. The Kier molecular flexibility index (Phi) is 5.13. The molecule has 1 aromatic carbocycles. The highest BCUT2D eigenvalue weighted by Gasteiger charge is 2.02. The quantitative estimate of drug-likeness (QED) is 0.729. The number of aryl methyl sites for hydroxylation is 1. The number of hydrogen-bond donors (Lipinski definition) is 1. The number of aliphatic hydroxyl groups excluding tert-OH is 1. The van der Waals surface area contributed by atoms with Gasteiger partial charge in [-0.1, -0.05) is 42.0 Å². The zero-order chi connectivity index (χ0) is 11.1. The lowest BCUT2D eigenvalue weighted by Crippen LogP contribution is -2.06. The average molecular weight is 204 g/mol. The third-order valence-electron chi connectivity index (χ3n) is 2.41. The van der Waals surface area contributed by atoms with E-state index in [1.54, 1.807) is 0 Å². The third kappa shape index (κ3) is 5.38. The Morgan fingerprint density at radius 2 is 1.93 bits per heavy atom. The summed E-state index contributed by atoms with van der Waals surface area (Å²) in [6.07, 6.45) is 4.46. The van der Waals surface area contributed by atoms with Crippen molar-refractivity contribution < 1.29 is 5.11 Å². The monoisotopic (exact) mass is 204 g/mol. The van der Waals surface area contributed by atoms with Crippen LogP contribution in [0.3, 0.4) is 0 Å². The molecule has 1 heteroatoms. The van der Waals surface area contributed by atoms with Crippen molar-refractivity contribution in [1.82, 2.24) is 0 Å². The summed E-state index contributed by atoms with van der Waals surface area (Å²) >= 11 is 0. The number of rotatable bonds is 5. The zero-order valence-corrected chi connectivity index (χ0v) is 9.61. The summed E-state index contributed by atoms with van der Waals surface area (Å²) in [5.74, 6) is 0. The topological polar surface area (TPSA) is 20.2 Å². The van der Waals surface area contributed by atoms with Gasteiger partial charge in [0.25, 0.3) is 0 Å². The Balaban J connectivity index is 2.28. The van der Waals surface area contributed by atoms with Crippen LogP contribution in [0.1, 0.15) is 32.3 Å². The summed E-state index contributed by atoms with van der Waals surface area (Å²) < 4.78 is 0. The van der Waals surface area contributed by atoms with Gasteiger partial charge < -0.3 is 5.11 Å². The Hall–Kier alpha value is -1.08. The molecule has 0 aliphatic rings. The maximum atomic E-state index is 9.71. The van der Waals surface area contributed by atoms with Gasteiger partial charge in [0.1, 0.15) is 0 Å². The van der Waals surface area contributed by atoms with Gasteiger partial charge in [-0.05, 0) is 38.7 Å². The predicted molar refractivity (Wildman–Crippen MR) is 64.8 cm³/mol. The van der Waals surface area contributed by atoms with Crippen molar-refractivity contribution in [2.24, 2.45) is 0 Å². The summed E-state index contributed by atoms with van der Waals surface area (Å²) in [4.78, 5) is 0. The number of aliphatic hydroxyl groups is 1. The van der Waals surface area contributed by atoms with Gasteiger partial charge in [0, 0.05) is 0 Å². The first-order valence-corrected chi connectivity index (χ1v) is 5.54. The van der Waals surface area contributed by atoms with Crippen LogP contribution in [0.4, 0.5) is 0 Å². The van der Waals surface area contributed by atoms with E-state index in [1.807, 2.05) is 18.2 Å². The smallest absolute Gasteiger partial charge is 0.0577 e. The highest BCUT2D eigenvalue weighted by atomic mass is 16.3. The zero-order valence-electron chi connectivity index (χ0n) is 9.61. The summed E-state index contributed by atoms with van der Waals surface area (Å²) in [7, 11) is 0. The molecule has 1 nitrogen and oxygen atoms in total. The van der Waals surface area contributed by atoms with Gasteiger partial charge in [0.15, 0.2) is 0 Å². The minimum Gasteiger partial charge on any atom is -0.393 e. The van der Waals surface area contributed by atoms with Crippen molar-refractivity contribution in [2.75, 3.05) is 0 Å². The van der Waals surface area contributed by atoms with Crippen molar-refractivity contribution in [2.45, 2.75) is 39.2 Å². The van der Waals surface area contributed by atoms with Crippen LogP contribution < -0.4 is 0 Å². The molecular formula is C14H20O. The molecule has 0 saturated heterocycles. The van der Waals surface area contributed by atoms with Gasteiger partial charge in [-0.15, -0.1) is 0 Å². The van der Waals surface area contributed by atoms with Crippen LogP contribution in [0.25, 0.3) is 0 Å². The van der Waals surface area contributed by atoms with E-state index < -0.39 is 0 Å². The van der Waals surface area contributed by atoms with Crippen molar-refractivity contribution >= 4 is 0 Å². The minimum absolute atomic E-state index is 0.208. The van der Waals surface area contributed by atoms with E-state index in [0.29, 0.717) is 0 Å². The third-order valence-corrected chi connectivity index (χ3v) is 2.41. The molecule has 0 bridgehead atoms. The summed E-state index contributed by atoms with van der Waals surface area (Å²) in [5.41, 5.74) is 2.57. The van der Waals surface area contributed by atoms with E-state index in [9.17, 15) is 5.11 Å². The van der Waals surface area contributed by atoms with E-state index in [0.717, 1.165) is 19.3 Å². The molecule has 0 saturated carbocycles. The number of allylic oxidation sites excluding steroid dienone is 1. The molecule has 1 aromatic rings. The summed E-state index contributed by atoms with van der Waals surface area (Å²) in [6.45, 7) is 4.12. The van der Waals surface area contributed by atoms with E-state index in [2.05, 4.69) is 32.1 Å².